The summed E-state index contributed by atoms with van der Waals surface area (Å²) in [6.07, 6.45) is 3.56. The highest BCUT2D eigenvalue weighted by Crippen LogP contribution is 2.34. The molecule has 0 spiro atoms. The molecule has 1 heterocycles. The number of aryl methyl sites for hydroxylation is 1. The van der Waals surface area contributed by atoms with E-state index in [9.17, 15) is 4.79 Å². The Balaban J connectivity index is 1.82. The lowest BCUT2D eigenvalue weighted by Crippen LogP contribution is -1.95. The van der Waals surface area contributed by atoms with Gasteiger partial charge in [-0.15, -0.1) is 0 Å². The van der Waals surface area contributed by atoms with Crippen LogP contribution in [-0.4, -0.2) is 17.5 Å². The molecule has 0 unspecified atom stereocenters. The molecule has 0 bridgehead atoms. The predicted molar refractivity (Wildman–Crippen MR) is 115 cm³/mol. The van der Waals surface area contributed by atoms with Gasteiger partial charge in [-0.3, -0.25) is 4.79 Å². The fourth-order valence-corrected chi connectivity index (χ4v) is 3.57. The van der Waals surface area contributed by atoms with Crippen molar-refractivity contribution in [1.82, 2.24) is 4.57 Å². The number of ether oxygens (including phenoxy) is 1. The smallest absolute Gasteiger partial charge is 0.185 e. The van der Waals surface area contributed by atoms with Crippen LogP contribution in [-0.2, 0) is 7.05 Å². The fraction of sp³-hybridized carbons (Fsp3) is 0.0800. The molecule has 138 valence electrons. The van der Waals surface area contributed by atoms with Crippen molar-refractivity contribution in [3.8, 4) is 17.0 Å². The Bertz CT molecular complexity index is 1170. The molecule has 0 radical (unpaired) electrons. The lowest BCUT2D eigenvalue weighted by Gasteiger charge is -2.06. The third kappa shape index (κ3) is 3.23. The zero-order valence-electron chi connectivity index (χ0n) is 15.9. The molecule has 1 aromatic heterocycles. The molecule has 0 aliphatic heterocycles. The van der Waals surface area contributed by atoms with Gasteiger partial charge in [0.25, 0.3) is 0 Å². The number of aromatic nitrogens is 1. The Morgan fingerprint density at radius 2 is 1.68 bits per heavy atom. The van der Waals surface area contributed by atoms with Crippen LogP contribution < -0.4 is 4.74 Å². The fourth-order valence-electron chi connectivity index (χ4n) is 3.57. The summed E-state index contributed by atoms with van der Waals surface area (Å²) in [6.45, 7) is 0. The van der Waals surface area contributed by atoms with Gasteiger partial charge in [0.15, 0.2) is 5.78 Å². The van der Waals surface area contributed by atoms with E-state index in [4.69, 9.17) is 4.74 Å². The number of hydrogen-bond donors (Lipinski definition) is 0. The monoisotopic (exact) mass is 367 g/mol. The molecular weight excluding hydrogens is 346 g/mol. The minimum absolute atomic E-state index is 0.0501. The van der Waals surface area contributed by atoms with Crippen LogP contribution in [0.15, 0.2) is 84.9 Å². The third-order valence-corrected chi connectivity index (χ3v) is 4.95. The molecule has 3 aromatic carbocycles. The normalized spacial score (nSPS) is 11.2. The molecule has 0 aliphatic carbocycles. The van der Waals surface area contributed by atoms with E-state index in [2.05, 4.69) is 35.9 Å². The summed E-state index contributed by atoms with van der Waals surface area (Å²) in [6, 6.07) is 25.7. The van der Waals surface area contributed by atoms with E-state index in [1.54, 1.807) is 25.3 Å². The number of para-hydroxylation sites is 1. The van der Waals surface area contributed by atoms with Crippen LogP contribution in [0, 0.1) is 0 Å². The van der Waals surface area contributed by atoms with Crippen molar-refractivity contribution in [2.75, 3.05) is 7.11 Å². The number of nitrogens with zero attached hydrogens (tertiary/aromatic N) is 1. The second-order valence-corrected chi connectivity index (χ2v) is 6.63. The number of hydrogen-bond acceptors (Lipinski definition) is 2. The molecule has 4 rings (SSSR count). The first-order valence-corrected chi connectivity index (χ1v) is 9.18. The van der Waals surface area contributed by atoms with E-state index in [1.165, 1.54) is 0 Å². The van der Waals surface area contributed by atoms with Crippen molar-refractivity contribution in [3.05, 3.63) is 96.1 Å². The summed E-state index contributed by atoms with van der Waals surface area (Å²) in [5.41, 5.74) is 5.00. The number of rotatable bonds is 5. The van der Waals surface area contributed by atoms with Gasteiger partial charge in [-0.05, 0) is 35.9 Å². The second-order valence-electron chi connectivity index (χ2n) is 6.63. The Hall–Kier alpha value is -3.59. The van der Waals surface area contributed by atoms with Gasteiger partial charge >= 0.3 is 0 Å². The standard InChI is InChI=1S/C25H21NO2/c1-26-23-14-7-6-13-21(23)22(25(26)18-9-4-3-5-10-18)15-16-24(27)19-11-8-12-20(17-19)28-2/h3-17H,1-2H3/b16-15+. The summed E-state index contributed by atoms with van der Waals surface area (Å²) < 4.78 is 7.41. The van der Waals surface area contributed by atoms with E-state index in [-0.39, 0.29) is 5.78 Å². The molecule has 0 fully saturated rings. The first kappa shape index (κ1) is 17.8. The van der Waals surface area contributed by atoms with Crippen LogP contribution in [0.5, 0.6) is 5.75 Å². The minimum Gasteiger partial charge on any atom is -0.497 e. The van der Waals surface area contributed by atoms with Crippen LogP contribution in [0.1, 0.15) is 15.9 Å². The van der Waals surface area contributed by atoms with E-state index >= 15 is 0 Å². The SMILES string of the molecule is COc1cccc(C(=O)/C=C/c2c(-c3ccccc3)n(C)c3ccccc23)c1. The van der Waals surface area contributed by atoms with E-state index in [1.807, 2.05) is 48.5 Å². The van der Waals surface area contributed by atoms with E-state index in [0.717, 1.165) is 27.7 Å². The first-order chi connectivity index (χ1) is 13.7. The number of carbonyl (C=O) groups excluding carboxylic acids is 1. The van der Waals surface area contributed by atoms with Gasteiger partial charge in [0.05, 0.1) is 12.8 Å². The maximum absolute atomic E-state index is 12.7. The van der Waals surface area contributed by atoms with Crippen LogP contribution >= 0.6 is 0 Å². The van der Waals surface area contributed by atoms with Crippen LogP contribution in [0.3, 0.4) is 0 Å². The number of allylic oxidation sites excluding steroid dienone is 1. The Morgan fingerprint density at radius 3 is 2.46 bits per heavy atom. The van der Waals surface area contributed by atoms with Crippen molar-refractivity contribution in [1.29, 1.82) is 0 Å². The average Bonchev–Trinajstić information content (AvgIpc) is 3.04. The molecule has 3 nitrogen and oxygen atoms in total. The van der Waals surface area contributed by atoms with Crippen LogP contribution in [0.25, 0.3) is 28.2 Å². The van der Waals surface area contributed by atoms with Gasteiger partial charge in [0, 0.05) is 29.1 Å². The molecule has 4 aromatic rings. The summed E-state index contributed by atoms with van der Waals surface area (Å²) in [7, 11) is 3.66. The Labute approximate surface area is 164 Å². The summed E-state index contributed by atoms with van der Waals surface area (Å²) in [4.78, 5) is 12.7. The number of benzene rings is 3. The van der Waals surface area contributed by atoms with Crippen molar-refractivity contribution in [2.45, 2.75) is 0 Å². The van der Waals surface area contributed by atoms with E-state index in [0.29, 0.717) is 11.3 Å². The first-order valence-electron chi connectivity index (χ1n) is 9.18. The number of ketones is 1. The molecule has 0 N–H and O–H groups in total. The average molecular weight is 367 g/mol. The van der Waals surface area contributed by atoms with Crippen molar-refractivity contribution in [3.63, 3.8) is 0 Å². The molecule has 0 atom stereocenters. The zero-order valence-corrected chi connectivity index (χ0v) is 15.9. The molecule has 0 amide bonds. The van der Waals surface area contributed by atoms with Crippen molar-refractivity contribution in [2.24, 2.45) is 7.05 Å². The maximum atomic E-state index is 12.7. The topological polar surface area (TPSA) is 31.2 Å². The van der Waals surface area contributed by atoms with Crippen LogP contribution in [0.2, 0.25) is 0 Å². The molecule has 3 heteroatoms. The zero-order chi connectivity index (χ0) is 19.5. The summed E-state index contributed by atoms with van der Waals surface area (Å²) in [5, 5.41) is 1.12. The van der Waals surface area contributed by atoms with Gasteiger partial charge in [-0.25, -0.2) is 0 Å². The molecule has 0 aliphatic rings. The van der Waals surface area contributed by atoms with Gasteiger partial charge in [0.2, 0.25) is 0 Å². The molecule has 0 saturated heterocycles. The second kappa shape index (κ2) is 7.57. The van der Waals surface area contributed by atoms with Gasteiger partial charge < -0.3 is 9.30 Å². The number of fused-ring (bicyclic) bond motifs is 1. The third-order valence-electron chi connectivity index (χ3n) is 4.95. The van der Waals surface area contributed by atoms with Crippen molar-refractivity contribution < 1.29 is 9.53 Å². The predicted octanol–water partition coefficient (Wildman–Crippen LogP) is 5.75. The highest BCUT2D eigenvalue weighted by Gasteiger charge is 2.14. The molecule has 0 saturated carbocycles. The lowest BCUT2D eigenvalue weighted by molar-refractivity contribution is 0.104. The largest absolute Gasteiger partial charge is 0.497 e. The Morgan fingerprint density at radius 1 is 0.929 bits per heavy atom. The maximum Gasteiger partial charge on any atom is 0.185 e. The van der Waals surface area contributed by atoms with Crippen molar-refractivity contribution >= 4 is 22.8 Å². The Kier molecular flexibility index (Phi) is 4.81. The van der Waals surface area contributed by atoms with Crippen LogP contribution in [0.4, 0.5) is 0 Å². The minimum atomic E-state index is -0.0501. The molecule has 28 heavy (non-hydrogen) atoms. The quantitative estimate of drug-likeness (QED) is 0.332. The highest BCUT2D eigenvalue weighted by atomic mass is 16.5. The van der Waals surface area contributed by atoms with E-state index < -0.39 is 0 Å². The number of methoxy groups -OCH3 is 1. The summed E-state index contributed by atoms with van der Waals surface area (Å²) >= 11 is 0. The van der Waals surface area contributed by atoms with Gasteiger partial charge in [0.1, 0.15) is 5.75 Å². The number of carbonyl (C=O) groups is 1. The van der Waals surface area contributed by atoms with Gasteiger partial charge in [-0.2, -0.15) is 0 Å². The lowest BCUT2D eigenvalue weighted by atomic mass is 10.0. The molecular formula is C25H21NO2. The summed E-state index contributed by atoms with van der Waals surface area (Å²) in [5.74, 6) is 0.625. The highest BCUT2D eigenvalue weighted by molar-refractivity contribution is 6.09. The van der Waals surface area contributed by atoms with Gasteiger partial charge in [-0.1, -0.05) is 60.7 Å².